The number of quaternary nitrogens is 1. The highest BCUT2D eigenvalue weighted by Gasteiger charge is 2.27. The molecule has 0 saturated carbocycles. The average Bonchev–Trinajstić information content (AvgIpc) is 2.78. The maximum atomic E-state index is 11.2. The van der Waals surface area contributed by atoms with Crippen molar-refractivity contribution >= 4 is 5.97 Å². The Kier molecular flexibility index (Phi) is 20.3. The van der Waals surface area contributed by atoms with Crippen LogP contribution in [-0.2, 0) is 14.3 Å². The Bertz CT molecular complexity index is 424. The first-order chi connectivity index (χ1) is 15.0. The van der Waals surface area contributed by atoms with Crippen LogP contribution in [0, 0.1) is 0 Å². The van der Waals surface area contributed by atoms with Crippen molar-refractivity contribution < 1.29 is 23.9 Å². The number of hydrogen-bond donors (Lipinski definition) is 1. The summed E-state index contributed by atoms with van der Waals surface area (Å²) < 4.78 is 11.6. The molecule has 0 amide bonds. The fraction of sp³-hybridized carbons (Fsp3) is 0.885. The third-order valence-corrected chi connectivity index (χ3v) is 6.37. The molecule has 0 aromatic rings. The van der Waals surface area contributed by atoms with Crippen molar-refractivity contribution in [2.24, 2.45) is 0 Å². The van der Waals surface area contributed by atoms with Gasteiger partial charge >= 0.3 is 5.97 Å². The minimum atomic E-state index is -0.493. The van der Waals surface area contributed by atoms with Crippen LogP contribution in [0.1, 0.15) is 97.8 Å². The quantitative estimate of drug-likeness (QED) is 0.0961. The van der Waals surface area contributed by atoms with Gasteiger partial charge in [0.1, 0.15) is 25.8 Å². The van der Waals surface area contributed by atoms with Crippen molar-refractivity contribution in [1.29, 1.82) is 0 Å². The highest BCUT2D eigenvalue weighted by molar-refractivity contribution is 5.81. The first-order valence-corrected chi connectivity index (χ1v) is 12.9. The Hall–Kier alpha value is -0.910. The smallest absolute Gasteiger partial charge is 0.330 e. The number of carbonyl (C=O) groups excluding carboxylic acids is 1. The van der Waals surface area contributed by atoms with Gasteiger partial charge in [-0.3, -0.25) is 0 Å². The van der Waals surface area contributed by atoms with E-state index in [4.69, 9.17) is 9.47 Å². The first kappa shape index (κ1) is 30.1. The lowest BCUT2D eigenvalue weighted by Crippen LogP contribution is -2.54. The van der Waals surface area contributed by atoms with Gasteiger partial charge in [-0.2, -0.15) is 0 Å². The van der Waals surface area contributed by atoms with Crippen molar-refractivity contribution in [3.05, 3.63) is 12.7 Å². The van der Waals surface area contributed by atoms with Crippen LogP contribution >= 0.6 is 0 Å². The van der Waals surface area contributed by atoms with Gasteiger partial charge in [0.15, 0.2) is 0 Å². The highest BCUT2D eigenvalue weighted by atomic mass is 16.5. The highest BCUT2D eigenvalue weighted by Crippen LogP contribution is 2.12. The van der Waals surface area contributed by atoms with Gasteiger partial charge < -0.3 is 19.1 Å². The number of esters is 1. The topological polar surface area (TPSA) is 55.8 Å². The van der Waals surface area contributed by atoms with Crippen molar-refractivity contribution in [3.63, 3.8) is 0 Å². The van der Waals surface area contributed by atoms with E-state index < -0.39 is 12.1 Å². The van der Waals surface area contributed by atoms with Crippen LogP contribution in [0.25, 0.3) is 0 Å². The third-order valence-electron chi connectivity index (χ3n) is 6.37. The van der Waals surface area contributed by atoms with E-state index in [1.807, 2.05) is 0 Å². The largest absolute Gasteiger partial charge is 0.457 e. The summed E-state index contributed by atoms with van der Waals surface area (Å²) in [6, 6.07) is 0. The lowest BCUT2D eigenvalue weighted by Gasteiger charge is -2.38. The van der Waals surface area contributed by atoms with Crippen molar-refractivity contribution in [3.8, 4) is 0 Å². The first-order valence-electron chi connectivity index (χ1n) is 12.9. The number of hydrogen-bond acceptors (Lipinski definition) is 4. The third kappa shape index (κ3) is 17.3. The zero-order valence-electron chi connectivity index (χ0n) is 20.9. The number of likely N-dealkylation sites (N-methyl/N-ethyl adjacent to an activating group) is 1. The Balaban J connectivity index is 3.70. The second-order valence-electron chi connectivity index (χ2n) is 8.87. The molecule has 0 aromatic carbocycles. The van der Waals surface area contributed by atoms with Gasteiger partial charge in [0.05, 0.1) is 19.7 Å². The minimum Gasteiger partial charge on any atom is -0.457 e. The molecule has 0 aromatic heterocycles. The number of ether oxygens (including phenoxy) is 2. The standard InChI is InChI=1S/C26H52NO4/c1-5-9-10-11-12-13-14-15-16-17-18-19-21-30-24-25(28)23-27(7-3,8-4)20-22-31-26(29)6-2/h6,25,28H,2,5,7-24H2,1,3-4H3/q+1. The molecule has 0 aliphatic rings. The number of rotatable bonds is 23. The molecule has 0 radical (unpaired) electrons. The Morgan fingerprint density at radius 2 is 1.39 bits per heavy atom. The van der Waals surface area contributed by atoms with Crippen LogP contribution < -0.4 is 0 Å². The van der Waals surface area contributed by atoms with Gasteiger partial charge in [0, 0.05) is 12.7 Å². The van der Waals surface area contributed by atoms with Gasteiger partial charge in [0.25, 0.3) is 0 Å². The predicted molar refractivity (Wildman–Crippen MR) is 130 cm³/mol. The molecule has 0 rings (SSSR count). The number of carbonyl (C=O) groups is 1. The number of nitrogens with zero attached hydrogens (tertiary/aromatic N) is 1. The van der Waals surface area contributed by atoms with Gasteiger partial charge in [-0.15, -0.1) is 0 Å². The fourth-order valence-electron chi connectivity index (χ4n) is 4.05. The summed E-state index contributed by atoms with van der Waals surface area (Å²) in [7, 11) is 0. The second kappa shape index (κ2) is 21.0. The van der Waals surface area contributed by atoms with Gasteiger partial charge in [-0.05, 0) is 20.3 Å². The molecule has 5 nitrogen and oxygen atoms in total. The summed E-state index contributed by atoms with van der Waals surface area (Å²) in [5.41, 5.74) is 0. The zero-order chi connectivity index (χ0) is 23.2. The molecule has 0 bridgehead atoms. The summed E-state index contributed by atoms with van der Waals surface area (Å²) in [4.78, 5) is 11.2. The van der Waals surface area contributed by atoms with Crippen LogP contribution in [0.4, 0.5) is 0 Å². The van der Waals surface area contributed by atoms with E-state index in [9.17, 15) is 9.90 Å². The van der Waals surface area contributed by atoms with Gasteiger partial charge in [-0.25, -0.2) is 4.79 Å². The number of aliphatic hydroxyl groups excluding tert-OH is 1. The maximum absolute atomic E-state index is 11.2. The van der Waals surface area contributed by atoms with Gasteiger partial charge in [0.2, 0.25) is 0 Å². The van der Waals surface area contributed by atoms with Crippen LogP contribution in [-0.4, -0.2) is 67.7 Å². The zero-order valence-corrected chi connectivity index (χ0v) is 20.9. The Morgan fingerprint density at radius 1 is 0.871 bits per heavy atom. The molecule has 0 fully saturated rings. The fourth-order valence-corrected chi connectivity index (χ4v) is 4.05. The molecule has 0 aliphatic heterocycles. The molecule has 1 atom stereocenters. The van der Waals surface area contributed by atoms with E-state index in [2.05, 4.69) is 27.4 Å². The van der Waals surface area contributed by atoms with E-state index >= 15 is 0 Å². The summed E-state index contributed by atoms with van der Waals surface area (Å²) in [6.45, 7) is 14.4. The minimum absolute atomic E-state index is 0.346. The van der Waals surface area contributed by atoms with Crippen LogP contribution in [0.15, 0.2) is 12.7 Å². The lowest BCUT2D eigenvalue weighted by molar-refractivity contribution is -0.927. The van der Waals surface area contributed by atoms with Crippen molar-refractivity contribution in [1.82, 2.24) is 0 Å². The van der Waals surface area contributed by atoms with Crippen LogP contribution in [0.5, 0.6) is 0 Å². The maximum Gasteiger partial charge on any atom is 0.330 e. The monoisotopic (exact) mass is 442 g/mol. The Labute approximate surface area is 192 Å². The normalized spacial score (nSPS) is 12.6. The molecule has 1 N–H and O–H groups in total. The number of aliphatic hydroxyl groups is 1. The summed E-state index contributed by atoms with van der Waals surface area (Å²) in [5, 5.41) is 10.4. The van der Waals surface area contributed by atoms with E-state index in [1.54, 1.807) is 0 Å². The van der Waals surface area contributed by atoms with E-state index in [1.165, 1.54) is 76.7 Å². The van der Waals surface area contributed by atoms with E-state index in [-0.39, 0.29) is 0 Å². The predicted octanol–water partition coefficient (Wildman–Crippen LogP) is 5.65. The Morgan fingerprint density at radius 3 is 1.87 bits per heavy atom. The summed E-state index contributed by atoms with van der Waals surface area (Å²) >= 11 is 0. The molecule has 184 valence electrons. The molecule has 1 unspecified atom stereocenters. The van der Waals surface area contributed by atoms with E-state index in [0.717, 1.165) is 26.1 Å². The van der Waals surface area contributed by atoms with Crippen LogP contribution in [0.3, 0.4) is 0 Å². The van der Waals surface area contributed by atoms with Crippen LogP contribution in [0.2, 0.25) is 0 Å². The SMILES string of the molecule is C=CC(=O)OCC[N+](CC)(CC)CC(O)COCCCCCCCCCCCCCC. The molecular weight excluding hydrogens is 390 g/mol. The average molecular weight is 443 g/mol. The summed E-state index contributed by atoms with van der Waals surface area (Å²) in [6.07, 6.45) is 16.7. The molecular formula is C26H52NO4+. The van der Waals surface area contributed by atoms with E-state index in [0.29, 0.717) is 30.8 Å². The molecule has 31 heavy (non-hydrogen) atoms. The lowest BCUT2D eigenvalue weighted by atomic mass is 10.1. The van der Waals surface area contributed by atoms with Crippen molar-refractivity contribution in [2.75, 3.05) is 46.0 Å². The molecule has 0 spiro atoms. The second-order valence-corrected chi connectivity index (χ2v) is 8.87. The number of unbranched alkanes of at least 4 members (excludes halogenated alkanes) is 11. The molecule has 0 heterocycles. The summed E-state index contributed by atoms with van der Waals surface area (Å²) in [5.74, 6) is -0.392. The van der Waals surface area contributed by atoms with Gasteiger partial charge in [-0.1, -0.05) is 84.1 Å². The molecule has 5 heteroatoms. The molecule has 0 aliphatic carbocycles. The molecule has 0 saturated heterocycles. The van der Waals surface area contributed by atoms with Crippen molar-refractivity contribution in [2.45, 2.75) is 104 Å².